The van der Waals surface area contributed by atoms with Crippen LogP contribution in [-0.4, -0.2) is 9.13 Å². The highest BCUT2D eigenvalue weighted by Gasteiger charge is 2.18. The molecule has 0 unspecified atom stereocenters. The lowest BCUT2D eigenvalue weighted by molar-refractivity contribution is 1.18. The first-order valence-corrected chi connectivity index (χ1v) is 15.9. The molecule has 0 spiro atoms. The highest BCUT2D eigenvalue weighted by Crippen LogP contribution is 2.39. The Hall–Kier alpha value is -6.88. The van der Waals surface area contributed by atoms with Crippen LogP contribution < -0.4 is 0 Å². The van der Waals surface area contributed by atoms with Crippen LogP contribution in [0.5, 0.6) is 0 Å². The van der Waals surface area contributed by atoms with E-state index < -0.39 is 0 Å². The average molecular weight is 611 g/mol. The fraction of sp³-hybridized carbons (Fsp3) is 0. The Morgan fingerprint density at radius 2 is 1.00 bits per heavy atom. The van der Waals surface area contributed by atoms with E-state index in [1.54, 1.807) is 0 Å². The molecule has 0 aliphatic heterocycles. The molecule has 0 atom stereocenters. The van der Waals surface area contributed by atoms with E-state index in [0.29, 0.717) is 11.1 Å². The molecule has 0 saturated heterocycles. The molecule has 0 radical (unpaired) electrons. The van der Waals surface area contributed by atoms with Gasteiger partial charge in [0, 0.05) is 38.4 Å². The smallest absolute Gasteiger partial charge is 0.0998 e. The van der Waals surface area contributed by atoms with Crippen LogP contribution in [0, 0.1) is 22.7 Å². The van der Waals surface area contributed by atoms with Crippen molar-refractivity contribution >= 4 is 43.6 Å². The molecule has 0 aliphatic carbocycles. The summed E-state index contributed by atoms with van der Waals surface area (Å²) in [6.07, 6.45) is 0. The Labute approximate surface area is 277 Å². The van der Waals surface area contributed by atoms with Gasteiger partial charge < -0.3 is 9.13 Å². The molecule has 0 bridgehead atoms. The van der Waals surface area contributed by atoms with Gasteiger partial charge >= 0.3 is 0 Å². The van der Waals surface area contributed by atoms with Crippen molar-refractivity contribution in [3.05, 3.63) is 169 Å². The van der Waals surface area contributed by atoms with Crippen LogP contribution in [0.2, 0.25) is 0 Å². The Morgan fingerprint density at radius 3 is 1.71 bits per heavy atom. The molecule has 4 heteroatoms. The van der Waals surface area contributed by atoms with Crippen molar-refractivity contribution in [3.63, 3.8) is 0 Å². The van der Waals surface area contributed by atoms with Crippen LogP contribution in [0.3, 0.4) is 0 Å². The Kier molecular flexibility index (Phi) is 6.22. The average Bonchev–Trinajstić information content (AvgIpc) is 3.67. The quantitative estimate of drug-likeness (QED) is 0.199. The van der Waals surface area contributed by atoms with E-state index in [1.807, 2.05) is 48.5 Å². The lowest BCUT2D eigenvalue weighted by Gasteiger charge is -2.16. The van der Waals surface area contributed by atoms with Crippen LogP contribution in [-0.2, 0) is 0 Å². The number of para-hydroxylation sites is 4. The maximum Gasteiger partial charge on any atom is 0.0998 e. The molecule has 4 nitrogen and oxygen atoms in total. The van der Waals surface area contributed by atoms with E-state index in [1.165, 1.54) is 10.8 Å². The molecule has 2 heterocycles. The molecule has 9 aromatic rings. The zero-order valence-corrected chi connectivity index (χ0v) is 25.8. The van der Waals surface area contributed by atoms with Crippen molar-refractivity contribution in [2.75, 3.05) is 0 Å². The SMILES string of the molecule is N#Cc1ccc2c(c1)c1ccccc1n2-c1ccccc1-c1ccc(-c2cccc(-n3c4ccccc4c4ccccc43)c2)cc1C#N. The summed E-state index contributed by atoms with van der Waals surface area (Å²) in [4.78, 5) is 0. The predicted molar refractivity (Wildman–Crippen MR) is 195 cm³/mol. The third kappa shape index (κ3) is 4.14. The number of hydrogen-bond acceptors (Lipinski definition) is 2. The van der Waals surface area contributed by atoms with E-state index in [0.717, 1.165) is 66.5 Å². The standard InChI is InChI=1S/C44H26N4/c45-27-29-20-23-44-39(24-29)38-15-4-8-19-43(38)48(44)42-18-7-1-12-35(42)34-22-21-31(25-32(34)28-46)30-10-9-11-33(26-30)47-40-16-5-2-13-36(40)37-14-3-6-17-41(37)47/h1-26H. The van der Waals surface area contributed by atoms with Crippen LogP contribution in [0.4, 0.5) is 0 Å². The summed E-state index contributed by atoms with van der Waals surface area (Å²) in [6, 6.07) is 58.9. The van der Waals surface area contributed by atoms with Crippen LogP contribution >= 0.6 is 0 Å². The highest BCUT2D eigenvalue weighted by molar-refractivity contribution is 6.11. The van der Waals surface area contributed by atoms with E-state index in [-0.39, 0.29) is 0 Å². The number of aromatic nitrogens is 2. The first kappa shape index (κ1) is 27.4. The molecule has 0 saturated carbocycles. The predicted octanol–water partition coefficient (Wildman–Crippen LogP) is 11.0. The van der Waals surface area contributed by atoms with E-state index in [4.69, 9.17) is 0 Å². The minimum absolute atomic E-state index is 0.606. The lowest BCUT2D eigenvalue weighted by atomic mass is 9.94. The minimum atomic E-state index is 0.606. The van der Waals surface area contributed by atoms with Crippen molar-refractivity contribution in [3.8, 4) is 45.8 Å². The number of benzene rings is 7. The summed E-state index contributed by atoms with van der Waals surface area (Å²) in [6.45, 7) is 0. The normalized spacial score (nSPS) is 11.3. The molecule has 9 rings (SSSR count). The number of fused-ring (bicyclic) bond motifs is 6. The van der Waals surface area contributed by atoms with Crippen molar-refractivity contribution in [1.29, 1.82) is 10.5 Å². The van der Waals surface area contributed by atoms with Gasteiger partial charge in [0.05, 0.1) is 51.0 Å². The molecular formula is C44H26N4. The number of nitrogens with zero attached hydrogens (tertiary/aromatic N) is 4. The van der Waals surface area contributed by atoms with Crippen molar-refractivity contribution in [1.82, 2.24) is 9.13 Å². The van der Waals surface area contributed by atoms with Gasteiger partial charge in [0.15, 0.2) is 0 Å². The largest absolute Gasteiger partial charge is 0.309 e. The molecule has 2 aromatic heterocycles. The van der Waals surface area contributed by atoms with Crippen molar-refractivity contribution in [2.45, 2.75) is 0 Å². The Bertz CT molecular complexity index is 2760. The second-order valence-corrected chi connectivity index (χ2v) is 12.0. The van der Waals surface area contributed by atoms with Gasteiger partial charge in [-0.25, -0.2) is 0 Å². The van der Waals surface area contributed by atoms with E-state index >= 15 is 0 Å². The Morgan fingerprint density at radius 1 is 0.396 bits per heavy atom. The van der Waals surface area contributed by atoms with Crippen LogP contribution in [0.25, 0.3) is 77.2 Å². The number of rotatable bonds is 4. The molecule has 48 heavy (non-hydrogen) atoms. The zero-order chi connectivity index (χ0) is 32.2. The first-order chi connectivity index (χ1) is 23.7. The second kappa shape index (κ2) is 10.9. The molecule has 222 valence electrons. The van der Waals surface area contributed by atoms with Gasteiger partial charge in [-0.2, -0.15) is 10.5 Å². The van der Waals surface area contributed by atoms with Gasteiger partial charge in [-0.05, 0) is 71.8 Å². The van der Waals surface area contributed by atoms with Crippen LogP contribution in [0.1, 0.15) is 11.1 Å². The molecular weight excluding hydrogens is 585 g/mol. The Balaban J connectivity index is 1.19. The summed E-state index contributed by atoms with van der Waals surface area (Å²) in [7, 11) is 0. The van der Waals surface area contributed by atoms with Gasteiger partial charge in [-0.1, -0.05) is 97.1 Å². The fourth-order valence-corrected chi connectivity index (χ4v) is 7.27. The summed E-state index contributed by atoms with van der Waals surface area (Å²) >= 11 is 0. The van der Waals surface area contributed by atoms with Crippen molar-refractivity contribution in [2.24, 2.45) is 0 Å². The summed E-state index contributed by atoms with van der Waals surface area (Å²) in [5, 5.41) is 24.7. The fourth-order valence-electron chi connectivity index (χ4n) is 7.27. The topological polar surface area (TPSA) is 57.4 Å². The maximum absolute atomic E-state index is 10.5. The van der Waals surface area contributed by atoms with E-state index in [9.17, 15) is 10.5 Å². The molecule has 0 aliphatic rings. The third-order valence-electron chi connectivity index (χ3n) is 9.39. The molecule has 7 aromatic carbocycles. The van der Waals surface area contributed by atoms with E-state index in [2.05, 4.69) is 130 Å². The third-order valence-corrected chi connectivity index (χ3v) is 9.39. The zero-order valence-electron chi connectivity index (χ0n) is 25.8. The van der Waals surface area contributed by atoms with Gasteiger partial charge in [-0.15, -0.1) is 0 Å². The highest BCUT2D eigenvalue weighted by atomic mass is 15.0. The summed E-state index contributed by atoms with van der Waals surface area (Å²) in [5.74, 6) is 0. The van der Waals surface area contributed by atoms with Gasteiger partial charge in [0.1, 0.15) is 0 Å². The van der Waals surface area contributed by atoms with Gasteiger partial charge in [-0.3, -0.25) is 0 Å². The summed E-state index contributed by atoms with van der Waals surface area (Å²) < 4.78 is 4.56. The monoisotopic (exact) mass is 610 g/mol. The van der Waals surface area contributed by atoms with Crippen LogP contribution in [0.15, 0.2) is 158 Å². The molecule has 0 amide bonds. The lowest BCUT2D eigenvalue weighted by Crippen LogP contribution is -1.98. The number of hydrogen-bond donors (Lipinski definition) is 0. The van der Waals surface area contributed by atoms with Crippen molar-refractivity contribution < 1.29 is 0 Å². The molecule has 0 fully saturated rings. The van der Waals surface area contributed by atoms with Gasteiger partial charge in [0.2, 0.25) is 0 Å². The maximum atomic E-state index is 10.5. The number of nitriles is 2. The van der Waals surface area contributed by atoms with Gasteiger partial charge in [0.25, 0.3) is 0 Å². The minimum Gasteiger partial charge on any atom is -0.309 e. The first-order valence-electron chi connectivity index (χ1n) is 15.9. The summed E-state index contributed by atoms with van der Waals surface area (Å²) in [5.41, 5.74) is 11.5. The second-order valence-electron chi connectivity index (χ2n) is 12.0. The molecule has 0 N–H and O–H groups in total.